The largest absolute Gasteiger partial charge is 0.389 e. The van der Waals surface area contributed by atoms with Gasteiger partial charge < -0.3 is 14.6 Å². The Morgan fingerprint density at radius 1 is 1.26 bits per heavy atom. The Balaban J connectivity index is 1.44. The number of halogens is 1. The summed E-state index contributed by atoms with van der Waals surface area (Å²) in [5.74, 6) is -0.208. The van der Waals surface area contributed by atoms with Crippen LogP contribution in [-0.2, 0) is 9.47 Å². The lowest BCUT2D eigenvalue weighted by Crippen LogP contribution is -2.35. The molecular formula is C18H26FNO3. The number of benzene rings is 1. The van der Waals surface area contributed by atoms with E-state index in [1.807, 2.05) is 12.1 Å². The molecule has 0 bridgehead atoms. The lowest BCUT2D eigenvalue weighted by atomic mass is 10.0. The molecule has 0 radical (unpaired) electrons. The first kappa shape index (κ1) is 16.8. The van der Waals surface area contributed by atoms with Gasteiger partial charge in [-0.3, -0.25) is 4.90 Å². The molecule has 3 rings (SSSR count). The van der Waals surface area contributed by atoms with Gasteiger partial charge in [-0.25, -0.2) is 4.39 Å². The van der Waals surface area contributed by atoms with Crippen LogP contribution in [0.1, 0.15) is 37.3 Å². The first-order valence-corrected chi connectivity index (χ1v) is 8.59. The van der Waals surface area contributed by atoms with Crippen LogP contribution in [0.2, 0.25) is 0 Å². The lowest BCUT2D eigenvalue weighted by Gasteiger charge is -2.27. The fourth-order valence-electron chi connectivity index (χ4n) is 3.54. The van der Waals surface area contributed by atoms with E-state index in [-0.39, 0.29) is 18.0 Å². The van der Waals surface area contributed by atoms with Crippen LogP contribution in [0.5, 0.6) is 0 Å². The van der Waals surface area contributed by atoms with Crippen LogP contribution in [0.4, 0.5) is 4.39 Å². The summed E-state index contributed by atoms with van der Waals surface area (Å²) in [6, 6.07) is 6.97. The van der Waals surface area contributed by atoms with Gasteiger partial charge in [-0.05, 0) is 49.9 Å². The van der Waals surface area contributed by atoms with Gasteiger partial charge in [0.05, 0.1) is 25.4 Å². The molecule has 0 aromatic heterocycles. The maximum absolute atomic E-state index is 13.1. The Bertz CT molecular complexity index is 476. The minimum absolute atomic E-state index is 0.195. The number of hydrogen-bond donors (Lipinski definition) is 1. The maximum atomic E-state index is 13.1. The van der Waals surface area contributed by atoms with Gasteiger partial charge in [-0.15, -0.1) is 0 Å². The lowest BCUT2D eigenvalue weighted by molar-refractivity contribution is -0.0261. The minimum atomic E-state index is -0.502. The molecule has 4 nitrogen and oxygen atoms in total. The number of β-amino-alcohol motifs (C(OH)–C–C–N with tert-alkyl or cyclic N) is 1. The molecule has 0 saturated carbocycles. The molecule has 3 unspecified atom stereocenters. The molecule has 1 aromatic rings. The van der Waals surface area contributed by atoms with E-state index >= 15 is 0 Å². The number of likely N-dealkylation sites (tertiary alicyclic amines) is 1. The Morgan fingerprint density at radius 3 is 2.83 bits per heavy atom. The van der Waals surface area contributed by atoms with Crippen molar-refractivity contribution in [3.05, 3.63) is 35.6 Å². The van der Waals surface area contributed by atoms with Gasteiger partial charge in [0, 0.05) is 19.2 Å². The van der Waals surface area contributed by atoms with Crippen LogP contribution in [0, 0.1) is 5.82 Å². The second-order valence-corrected chi connectivity index (χ2v) is 6.53. The SMILES string of the molecule is OC(COCC1CCCO1)CN1CCCC1c1ccc(F)cc1. The van der Waals surface area contributed by atoms with E-state index in [1.54, 1.807) is 0 Å². The van der Waals surface area contributed by atoms with Gasteiger partial charge in [-0.2, -0.15) is 0 Å². The van der Waals surface area contributed by atoms with Crippen molar-refractivity contribution in [2.45, 2.75) is 43.9 Å². The summed E-state index contributed by atoms with van der Waals surface area (Å²) in [7, 11) is 0. The smallest absolute Gasteiger partial charge is 0.123 e. The van der Waals surface area contributed by atoms with E-state index in [0.717, 1.165) is 44.4 Å². The summed E-state index contributed by atoms with van der Waals surface area (Å²) < 4.78 is 24.2. The van der Waals surface area contributed by atoms with Crippen LogP contribution in [0.3, 0.4) is 0 Å². The molecule has 0 spiro atoms. The highest BCUT2D eigenvalue weighted by molar-refractivity contribution is 5.21. The van der Waals surface area contributed by atoms with E-state index in [2.05, 4.69) is 4.90 Å². The quantitative estimate of drug-likeness (QED) is 0.837. The highest BCUT2D eigenvalue weighted by Crippen LogP contribution is 2.31. The zero-order valence-corrected chi connectivity index (χ0v) is 13.5. The van der Waals surface area contributed by atoms with Crippen LogP contribution in [0.25, 0.3) is 0 Å². The fourth-order valence-corrected chi connectivity index (χ4v) is 3.54. The van der Waals surface area contributed by atoms with E-state index in [0.29, 0.717) is 19.8 Å². The van der Waals surface area contributed by atoms with Crippen molar-refractivity contribution in [1.82, 2.24) is 4.90 Å². The molecule has 23 heavy (non-hydrogen) atoms. The average Bonchev–Trinajstić information content (AvgIpc) is 3.20. The molecule has 2 saturated heterocycles. The van der Waals surface area contributed by atoms with Crippen molar-refractivity contribution in [2.75, 3.05) is 32.9 Å². The standard InChI is InChI=1S/C18H26FNO3/c19-15-7-5-14(6-8-15)18-4-1-9-20(18)11-16(21)12-22-13-17-3-2-10-23-17/h5-8,16-18,21H,1-4,9-13H2. The van der Waals surface area contributed by atoms with Gasteiger partial charge in [0.25, 0.3) is 0 Å². The Morgan fingerprint density at radius 2 is 2.09 bits per heavy atom. The second kappa shape index (κ2) is 8.20. The average molecular weight is 323 g/mol. The van der Waals surface area contributed by atoms with Crippen molar-refractivity contribution in [1.29, 1.82) is 0 Å². The van der Waals surface area contributed by atoms with E-state index < -0.39 is 6.10 Å². The highest BCUT2D eigenvalue weighted by Gasteiger charge is 2.27. The first-order valence-electron chi connectivity index (χ1n) is 8.59. The van der Waals surface area contributed by atoms with Gasteiger partial charge in [0.1, 0.15) is 5.82 Å². The summed E-state index contributed by atoms with van der Waals surface area (Å²) in [6.07, 6.45) is 4.00. The molecule has 1 N–H and O–H groups in total. The van der Waals surface area contributed by atoms with Gasteiger partial charge in [0.15, 0.2) is 0 Å². The number of nitrogens with zero attached hydrogens (tertiary/aromatic N) is 1. The van der Waals surface area contributed by atoms with Crippen LogP contribution < -0.4 is 0 Å². The summed E-state index contributed by atoms with van der Waals surface area (Å²) in [5, 5.41) is 10.2. The molecule has 1 aromatic carbocycles. The number of aliphatic hydroxyl groups is 1. The summed E-state index contributed by atoms with van der Waals surface area (Å²) >= 11 is 0. The zero-order chi connectivity index (χ0) is 16.1. The van der Waals surface area contributed by atoms with Crippen LogP contribution in [0.15, 0.2) is 24.3 Å². The molecule has 2 aliphatic rings. The van der Waals surface area contributed by atoms with Gasteiger partial charge in [0.2, 0.25) is 0 Å². The molecule has 2 heterocycles. The van der Waals surface area contributed by atoms with Gasteiger partial charge >= 0.3 is 0 Å². The molecule has 0 aliphatic carbocycles. The van der Waals surface area contributed by atoms with Crippen molar-refractivity contribution < 1.29 is 19.0 Å². The van der Waals surface area contributed by atoms with E-state index in [9.17, 15) is 9.50 Å². The summed E-state index contributed by atoms with van der Waals surface area (Å²) in [5.41, 5.74) is 1.12. The third-order valence-corrected chi connectivity index (χ3v) is 4.70. The molecule has 3 atom stereocenters. The number of rotatable bonds is 7. The predicted octanol–water partition coefficient (Wildman–Crippen LogP) is 2.52. The van der Waals surface area contributed by atoms with Crippen molar-refractivity contribution in [2.24, 2.45) is 0 Å². The van der Waals surface area contributed by atoms with Crippen molar-refractivity contribution in [3.63, 3.8) is 0 Å². The molecule has 128 valence electrons. The highest BCUT2D eigenvalue weighted by atomic mass is 19.1. The maximum Gasteiger partial charge on any atom is 0.123 e. The number of aliphatic hydroxyl groups excluding tert-OH is 1. The Labute approximate surface area is 137 Å². The third-order valence-electron chi connectivity index (χ3n) is 4.70. The van der Waals surface area contributed by atoms with E-state index in [4.69, 9.17) is 9.47 Å². The fraction of sp³-hybridized carbons (Fsp3) is 0.667. The number of hydrogen-bond acceptors (Lipinski definition) is 4. The first-order chi connectivity index (χ1) is 11.2. The van der Waals surface area contributed by atoms with E-state index in [1.165, 1.54) is 12.1 Å². The van der Waals surface area contributed by atoms with Crippen molar-refractivity contribution >= 4 is 0 Å². The number of ether oxygens (including phenoxy) is 2. The molecule has 0 amide bonds. The second-order valence-electron chi connectivity index (χ2n) is 6.53. The molecular weight excluding hydrogens is 297 g/mol. The Kier molecular flexibility index (Phi) is 6.00. The van der Waals surface area contributed by atoms with Crippen LogP contribution >= 0.6 is 0 Å². The summed E-state index contributed by atoms with van der Waals surface area (Å²) in [4.78, 5) is 2.27. The van der Waals surface area contributed by atoms with Gasteiger partial charge in [-0.1, -0.05) is 12.1 Å². The third kappa shape index (κ3) is 4.73. The summed E-state index contributed by atoms with van der Waals surface area (Å²) in [6.45, 7) is 3.28. The monoisotopic (exact) mass is 323 g/mol. The molecule has 2 aliphatic heterocycles. The van der Waals surface area contributed by atoms with Crippen LogP contribution in [-0.4, -0.2) is 55.1 Å². The normalized spacial score (nSPS) is 26.7. The minimum Gasteiger partial charge on any atom is -0.389 e. The zero-order valence-electron chi connectivity index (χ0n) is 13.5. The molecule has 5 heteroatoms. The Hall–Kier alpha value is -1.01. The predicted molar refractivity (Wildman–Crippen MR) is 85.7 cm³/mol. The topological polar surface area (TPSA) is 41.9 Å². The molecule has 2 fully saturated rings. The van der Waals surface area contributed by atoms with Crippen molar-refractivity contribution in [3.8, 4) is 0 Å².